The van der Waals surface area contributed by atoms with Crippen molar-refractivity contribution in [2.24, 2.45) is 0 Å². The number of halogens is 1. The van der Waals surface area contributed by atoms with E-state index in [1.165, 1.54) is 5.56 Å². The summed E-state index contributed by atoms with van der Waals surface area (Å²) in [7, 11) is 0. The number of hydrogen-bond acceptors (Lipinski definition) is 3. The Morgan fingerprint density at radius 2 is 1.95 bits per heavy atom. The van der Waals surface area contributed by atoms with Crippen molar-refractivity contribution >= 4 is 29.3 Å². The summed E-state index contributed by atoms with van der Waals surface area (Å²) in [6.45, 7) is 0.382. The number of amides is 1. The van der Waals surface area contributed by atoms with E-state index < -0.39 is 5.60 Å². The second kappa shape index (κ2) is 8.06. The van der Waals surface area contributed by atoms with Gasteiger partial charge in [-0.05, 0) is 54.9 Å². The van der Waals surface area contributed by atoms with Crippen molar-refractivity contribution in [1.82, 2.24) is 5.32 Å². The number of benzene rings is 1. The summed E-state index contributed by atoms with van der Waals surface area (Å²) < 4.78 is 0. The first-order chi connectivity index (χ1) is 10.1. The van der Waals surface area contributed by atoms with Crippen LogP contribution in [0, 0.1) is 0 Å². The molecule has 5 heteroatoms. The molecular formula is C16H22ClNO2S. The third kappa shape index (κ3) is 5.89. The maximum absolute atomic E-state index is 11.8. The molecule has 0 bridgehead atoms. The summed E-state index contributed by atoms with van der Waals surface area (Å²) in [5, 5.41) is 13.9. The first-order valence-electron chi connectivity index (χ1n) is 7.39. The fraction of sp³-hybridized carbons (Fsp3) is 0.562. The van der Waals surface area contributed by atoms with Gasteiger partial charge in [0.15, 0.2) is 0 Å². The molecule has 1 aromatic carbocycles. The first-order valence-corrected chi connectivity index (χ1v) is 8.92. The number of thioether (sulfide) groups is 1. The summed E-state index contributed by atoms with van der Waals surface area (Å²) in [4.78, 5) is 11.8. The summed E-state index contributed by atoms with van der Waals surface area (Å²) >= 11 is 7.70. The Morgan fingerprint density at radius 3 is 2.62 bits per heavy atom. The number of carbonyl (C=O) groups excluding carboxylic acids is 1. The molecule has 2 rings (SSSR count). The molecule has 116 valence electrons. The maximum Gasteiger partial charge on any atom is 0.220 e. The summed E-state index contributed by atoms with van der Waals surface area (Å²) in [6, 6.07) is 7.71. The Bertz CT molecular complexity index is 458. The molecule has 1 aliphatic heterocycles. The average Bonchev–Trinajstić information content (AvgIpc) is 2.48. The second-order valence-electron chi connectivity index (χ2n) is 5.59. The zero-order valence-electron chi connectivity index (χ0n) is 12.1. The van der Waals surface area contributed by atoms with Gasteiger partial charge in [0.1, 0.15) is 0 Å². The average molecular weight is 328 g/mol. The van der Waals surface area contributed by atoms with E-state index >= 15 is 0 Å². The van der Waals surface area contributed by atoms with Crippen LogP contribution in [-0.4, -0.2) is 34.7 Å². The number of aliphatic hydroxyl groups is 1. The fourth-order valence-corrected chi connectivity index (χ4v) is 3.76. The van der Waals surface area contributed by atoms with E-state index in [-0.39, 0.29) is 5.91 Å². The topological polar surface area (TPSA) is 49.3 Å². The highest BCUT2D eigenvalue weighted by Crippen LogP contribution is 2.26. The Kier molecular flexibility index (Phi) is 6.40. The van der Waals surface area contributed by atoms with Crippen LogP contribution < -0.4 is 5.32 Å². The van der Waals surface area contributed by atoms with Crippen molar-refractivity contribution in [1.29, 1.82) is 0 Å². The van der Waals surface area contributed by atoms with Gasteiger partial charge < -0.3 is 10.4 Å². The molecule has 3 nitrogen and oxygen atoms in total. The zero-order chi connectivity index (χ0) is 15.1. The molecule has 0 unspecified atom stereocenters. The Hall–Kier alpha value is -0.710. The van der Waals surface area contributed by atoms with E-state index in [2.05, 4.69) is 5.32 Å². The number of carbonyl (C=O) groups is 1. The van der Waals surface area contributed by atoms with Crippen LogP contribution in [0.3, 0.4) is 0 Å². The monoisotopic (exact) mass is 327 g/mol. The third-order valence-electron chi connectivity index (χ3n) is 3.82. The zero-order valence-corrected chi connectivity index (χ0v) is 13.7. The summed E-state index contributed by atoms with van der Waals surface area (Å²) in [5.74, 6) is 1.97. The lowest BCUT2D eigenvalue weighted by atomic mass is 9.97. The number of hydrogen-bond donors (Lipinski definition) is 2. The quantitative estimate of drug-likeness (QED) is 0.844. The van der Waals surface area contributed by atoms with Gasteiger partial charge in [0.05, 0.1) is 5.60 Å². The van der Waals surface area contributed by atoms with Crippen molar-refractivity contribution in [3.05, 3.63) is 34.9 Å². The van der Waals surface area contributed by atoms with Gasteiger partial charge in [0, 0.05) is 18.0 Å². The van der Waals surface area contributed by atoms with Gasteiger partial charge in [-0.2, -0.15) is 11.8 Å². The van der Waals surface area contributed by atoms with E-state index in [4.69, 9.17) is 11.6 Å². The van der Waals surface area contributed by atoms with Crippen LogP contribution in [0.15, 0.2) is 24.3 Å². The van der Waals surface area contributed by atoms with Crippen molar-refractivity contribution in [2.45, 2.75) is 37.7 Å². The van der Waals surface area contributed by atoms with Crippen molar-refractivity contribution in [3.63, 3.8) is 0 Å². The summed E-state index contributed by atoms with van der Waals surface area (Å²) in [6.07, 6.45) is 3.70. The van der Waals surface area contributed by atoms with Crippen molar-refractivity contribution in [2.75, 3.05) is 18.1 Å². The Morgan fingerprint density at radius 1 is 1.29 bits per heavy atom. The maximum atomic E-state index is 11.8. The predicted molar refractivity (Wildman–Crippen MR) is 88.9 cm³/mol. The smallest absolute Gasteiger partial charge is 0.220 e. The Balaban J connectivity index is 1.64. The van der Waals surface area contributed by atoms with Gasteiger partial charge in [-0.25, -0.2) is 0 Å². The van der Waals surface area contributed by atoms with Crippen molar-refractivity contribution < 1.29 is 9.90 Å². The molecule has 1 aliphatic rings. The first kappa shape index (κ1) is 16.7. The molecule has 0 aromatic heterocycles. The van der Waals surface area contributed by atoms with Crippen LogP contribution in [0.1, 0.15) is 31.2 Å². The molecule has 0 radical (unpaired) electrons. The molecule has 0 aliphatic carbocycles. The van der Waals surface area contributed by atoms with Crippen LogP contribution >= 0.6 is 23.4 Å². The van der Waals surface area contributed by atoms with E-state index in [0.29, 0.717) is 13.0 Å². The molecule has 0 saturated carbocycles. The molecule has 21 heavy (non-hydrogen) atoms. The second-order valence-corrected chi connectivity index (χ2v) is 7.25. The van der Waals surface area contributed by atoms with E-state index in [1.54, 1.807) is 0 Å². The highest BCUT2D eigenvalue weighted by molar-refractivity contribution is 7.99. The van der Waals surface area contributed by atoms with Gasteiger partial charge in [0.25, 0.3) is 0 Å². The summed E-state index contributed by atoms with van der Waals surface area (Å²) in [5.41, 5.74) is 0.493. The van der Waals surface area contributed by atoms with Gasteiger partial charge >= 0.3 is 0 Å². The normalized spacial score (nSPS) is 17.4. The molecule has 1 amide bonds. The standard InChI is InChI=1S/C16H22ClNO2S/c17-14-6-4-13(5-7-14)2-1-3-15(19)18-12-16(20)8-10-21-11-9-16/h4-7,20H,1-3,8-12H2,(H,18,19). The lowest BCUT2D eigenvalue weighted by Crippen LogP contribution is -2.45. The van der Waals surface area contributed by atoms with E-state index in [0.717, 1.165) is 42.2 Å². The SMILES string of the molecule is O=C(CCCc1ccc(Cl)cc1)NCC1(O)CCSCC1. The lowest BCUT2D eigenvalue weighted by molar-refractivity contribution is -0.122. The molecule has 0 spiro atoms. The van der Waals surface area contributed by atoms with E-state index in [9.17, 15) is 9.90 Å². The Labute approximate surface area is 135 Å². The fourth-order valence-electron chi connectivity index (χ4n) is 2.38. The van der Waals surface area contributed by atoms with Crippen LogP contribution in [-0.2, 0) is 11.2 Å². The van der Waals surface area contributed by atoms with Crippen LogP contribution in [0.2, 0.25) is 5.02 Å². The highest BCUT2D eigenvalue weighted by atomic mass is 35.5. The molecule has 1 aromatic rings. The van der Waals surface area contributed by atoms with Crippen LogP contribution in [0.5, 0.6) is 0 Å². The minimum atomic E-state index is -0.697. The molecule has 0 atom stereocenters. The van der Waals surface area contributed by atoms with E-state index in [1.807, 2.05) is 36.0 Å². The minimum absolute atomic E-state index is 0.0237. The highest BCUT2D eigenvalue weighted by Gasteiger charge is 2.29. The van der Waals surface area contributed by atoms with Gasteiger partial charge in [-0.15, -0.1) is 0 Å². The number of rotatable bonds is 6. The van der Waals surface area contributed by atoms with Crippen LogP contribution in [0.25, 0.3) is 0 Å². The molecule has 2 N–H and O–H groups in total. The molecule has 1 saturated heterocycles. The van der Waals surface area contributed by atoms with Gasteiger partial charge in [-0.3, -0.25) is 4.79 Å². The number of nitrogens with one attached hydrogen (secondary N) is 1. The molecule has 1 heterocycles. The minimum Gasteiger partial charge on any atom is -0.388 e. The van der Waals surface area contributed by atoms with Crippen LogP contribution in [0.4, 0.5) is 0 Å². The molecular weight excluding hydrogens is 306 g/mol. The lowest BCUT2D eigenvalue weighted by Gasteiger charge is -2.31. The molecule has 1 fully saturated rings. The van der Waals surface area contributed by atoms with Gasteiger partial charge in [0.2, 0.25) is 5.91 Å². The third-order valence-corrected chi connectivity index (χ3v) is 5.06. The predicted octanol–water partition coefficient (Wildman–Crippen LogP) is 3.04. The van der Waals surface area contributed by atoms with Crippen molar-refractivity contribution in [3.8, 4) is 0 Å². The van der Waals surface area contributed by atoms with Gasteiger partial charge in [-0.1, -0.05) is 23.7 Å². The number of aryl methyl sites for hydroxylation is 1. The largest absolute Gasteiger partial charge is 0.388 e.